The molecule has 0 unspecified atom stereocenters. The number of hydrogen-bond acceptors (Lipinski definition) is 4. The predicted molar refractivity (Wildman–Crippen MR) is 97.4 cm³/mol. The number of nitrogens with zero attached hydrogens (tertiary/aromatic N) is 1. The Bertz CT molecular complexity index is 1160. The largest absolute Gasteiger partial charge is 0.454 e. The van der Waals surface area contributed by atoms with Gasteiger partial charge in [0.05, 0.1) is 16.5 Å². The Balaban J connectivity index is 1.82. The number of halogens is 1. The molecule has 0 aliphatic heterocycles. The van der Waals surface area contributed by atoms with Crippen molar-refractivity contribution < 1.29 is 18.4 Å². The van der Waals surface area contributed by atoms with Gasteiger partial charge in [-0.2, -0.15) is 5.10 Å². The molecule has 4 N–H and O–H groups in total. The van der Waals surface area contributed by atoms with E-state index in [4.69, 9.17) is 10.2 Å². The van der Waals surface area contributed by atoms with Crippen LogP contribution in [0.2, 0.25) is 0 Å². The lowest BCUT2D eigenvalue weighted by Gasteiger charge is -2.11. The molecule has 136 valence electrons. The second-order valence-corrected chi connectivity index (χ2v) is 6.17. The van der Waals surface area contributed by atoms with Crippen molar-refractivity contribution in [2.24, 2.45) is 5.73 Å². The van der Waals surface area contributed by atoms with Crippen molar-refractivity contribution in [2.45, 2.75) is 13.0 Å². The molecule has 1 atom stereocenters. The van der Waals surface area contributed by atoms with Crippen LogP contribution in [0, 0.1) is 5.82 Å². The molecular formula is C19H15FN4O3. The van der Waals surface area contributed by atoms with Crippen LogP contribution in [-0.2, 0) is 4.79 Å². The van der Waals surface area contributed by atoms with E-state index in [0.29, 0.717) is 16.9 Å². The quantitative estimate of drug-likeness (QED) is 0.515. The van der Waals surface area contributed by atoms with Crippen molar-refractivity contribution in [3.8, 4) is 11.5 Å². The molecule has 2 amide bonds. The van der Waals surface area contributed by atoms with Gasteiger partial charge < -0.3 is 15.5 Å². The first-order valence-electron chi connectivity index (χ1n) is 8.21. The molecule has 0 radical (unpaired) electrons. The van der Waals surface area contributed by atoms with Crippen molar-refractivity contribution in [1.82, 2.24) is 15.5 Å². The number of furan rings is 1. The van der Waals surface area contributed by atoms with Crippen LogP contribution >= 0.6 is 0 Å². The van der Waals surface area contributed by atoms with E-state index in [1.165, 1.54) is 13.0 Å². The van der Waals surface area contributed by atoms with Gasteiger partial charge in [-0.3, -0.25) is 14.7 Å². The zero-order chi connectivity index (χ0) is 19.1. The molecule has 0 fully saturated rings. The van der Waals surface area contributed by atoms with Gasteiger partial charge in [0.25, 0.3) is 5.91 Å². The minimum Gasteiger partial charge on any atom is -0.454 e. The number of nitrogens with one attached hydrogen (secondary N) is 2. The minimum absolute atomic E-state index is 0.133. The first kappa shape index (κ1) is 16.8. The van der Waals surface area contributed by atoms with Crippen LogP contribution < -0.4 is 11.1 Å². The Kier molecular flexibility index (Phi) is 3.88. The highest BCUT2D eigenvalue weighted by atomic mass is 19.1. The summed E-state index contributed by atoms with van der Waals surface area (Å²) < 4.78 is 20.9. The fourth-order valence-electron chi connectivity index (χ4n) is 2.87. The zero-order valence-corrected chi connectivity index (χ0v) is 14.2. The minimum atomic E-state index is -0.924. The summed E-state index contributed by atoms with van der Waals surface area (Å²) in [6.45, 7) is 1.42. The van der Waals surface area contributed by atoms with Crippen molar-refractivity contribution >= 4 is 33.7 Å². The molecule has 4 aromatic rings. The SMILES string of the molecule is C[C@H](NC(=O)c1ccc2[nH]nc(-c3cc4ccccc4o3)c2c1F)C(N)=O. The first-order chi connectivity index (χ1) is 13.0. The molecular weight excluding hydrogens is 351 g/mol. The topological polar surface area (TPSA) is 114 Å². The summed E-state index contributed by atoms with van der Waals surface area (Å²) in [5, 5.41) is 10.2. The average Bonchev–Trinajstić information content (AvgIpc) is 3.25. The second kappa shape index (κ2) is 6.24. The Morgan fingerprint density at radius 3 is 2.78 bits per heavy atom. The van der Waals surface area contributed by atoms with Gasteiger partial charge in [0.2, 0.25) is 5.91 Å². The smallest absolute Gasteiger partial charge is 0.254 e. The summed E-state index contributed by atoms with van der Waals surface area (Å²) in [4.78, 5) is 23.5. The van der Waals surface area contributed by atoms with Gasteiger partial charge in [0, 0.05) is 5.39 Å². The van der Waals surface area contributed by atoms with Gasteiger partial charge in [-0.1, -0.05) is 18.2 Å². The second-order valence-electron chi connectivity index (χ2n) is 6.17. The Morgan fingerprint density at radius 2 is 2.04 bits per heavy atom. The van der Waals surface area contributed by atoms with Crippen LogP contribution in [0.1, 0.15) is 17.3 Å². The van der Waals surface area contributed by atoms with Crippen LogP contribution in [0.25, 0.3) is 33.3 Å². The number of aromatic nitrogens is 2. The molecule has 0 saturated carbocycles. The van der Waals surface area contributed by atoms with E-state index in [2.05, 4.69) is 15.5 Å². The number of carbonyl (C=O) groups excluding carboxylic acids is 2. The molecule has 27 heavy (non-hydrogen) atoms. The third-order valence-corrected chi connectivity index (χ3v) is 4.34. The molecule has 2 aromatic heterocycles. The van der Waals surface area contributed by atoms with E-state index in [1.807, 2.05) is 18.2 Å². The lowest BCUT2D eigenvalue weighted by Crippen LogP contribution is -2.42. The normalized spacial score (nSPS) is 12.4. The zero-order valence-electron chi connectivity index (χ0n) is 14.2. The van der Waals surface area contributed by atoms with Gasteiger partial charge in [0.15, 0.2) is 5.76 Å². The van der Waals surface area contributed by atoms with Gasteiger partial charge in [0.1, 0.15) is 23.1 Å². The maximum Gasteiger partial charge on any atom is 0.254 e. The van der Waals surface area contributed by atoms with E-state index in [-0.39, 0.29) is 16.6 Å². The Labute approximate surface area is 152 Å². The number of hydrogen-bond donors (Lipinski definition) is 3. The summed E-state index contributed by atoms with van der Waals surface area (Å²) >= 11 is 0. The Hall–Kier alpha value is -3.68. The third-order valence-electron chi connectivity index (χ3n) is 4.34. The maximum atomic E-state index is 15.1. The summed E-state index contributed by atoms with van der Waals surface area (Å²) in [6.07, 6.45) is 0. The molecule has 0 saturated heterocycles. The van der Waals surface area contributed by atoms with Crippen LogP contribution in [0.4, 0.5) is 4.39 Å². The van der Waals surface area contributed by atoms with Crippen molar-refractivity contribution in [3.05, 3.63) is 53.8 Å². The monoisotopic (exact) mass is 366 g/mol. The van der Waals surface area contributed by atoms with Gasteiger partial charge >= 0.3 is 0 Å². The maximum absolute atomic E-state index is 15.1. The third kappa shape index (κ3) is 2.80. The van der Waals surface area contributed by atoms with E-state index < -0.39 is 23.7 Å². The molecule has 4 rings (SSSR count). The standard InChI is InChI=1S/C19H15FN4O3/c1-9(18(21)25)22-19(26)11-6-7-12-15(16(11)20)17(24-23-12)14-8-10-4-2-3-5-13(10)27-14/h2-9H,1H3,(H2,21,25)(H,22,26)(H,23,24)/t9-/m0/s1. The number of amides is 2. The molecule has 0 aliphatic rings. The van der Waals surface area contributed by atoms with Crippen molar-refractivity contribution in [3.63, 3.8) is 0 Å². The molecule has 0 aliphatic carbocycles. The Morgan fingerprint density at radius 1 is 1.26 bits per heavy atom. The lowest BCUT2D eigenvalue weighted by atomic mass is 10.1. The highest BCUT2D eigenvalue weighted by Crippen LogP contribution is 2.33. The fraction of sp³-hybridized carbons (Fsp3) is 0.105. The van der Waals surface area contributed by atoms with E-state index in [9.17, 15) is 9.59 Å². The van der Waals surface area contributed by atoms with Gasteiger partial charge in [-0.05, 0) is 31.2 Å². The molecule has 7 nitrogen and oxygen atoms in total. The predicted octanol–water partition coefficient (Wildman–Crippen LogP) is 2.72. The van der Waals surface area contributed by atoms with E-state index >= 15 is 4.39 Å². The first-order valence-corrected chi connectivity index (χ1v) is 8.21. The van der Waals surface area contributed by atoms with Crippen LogP contribution in [-0.4, -0.2) is 28.1 Å². The number of primary amides is 1. The number of aromatic amines is 1. The van der Waals surface area contributed by atoms with Gasteiger partial charge in [-0.25, -0.2) is 4.39 Å². The van der Waals surface area contributed by atoms with E-state index in [1.54, 1.807) is 18.2 Å². The molecule has 0 bridgehead atoms. The summed E-state index contributed by atoms with van der Waals surface area (Å²) in [5.74, 6) is -1.83. The molecule has 0 spiro atoms. The van der Waals surface area contributed by atoms with Crippen LogP contribution in [0.3, 0.4) is 0 Å². The highest BCUT2D eigenvalue weighted by Gasteiger charge is 2.23. The summed E-state index contributed by atoms with van der Waals surface area (Å²) in [7, 11) is 0. The number of H-pyrrole nitrogens is 1. The van der Waals surface area contributed by atoms with Gasteiger partial charge in [-0.15, -0.1) is 0 Å². The molecule has 2 aromatic carbocycles. The highest BCUT2D eigenvalue weighted by molar-refractivity contribution is 6.03. The number of para-hydroxylation sites is 1. The van der Waals surface area contributed by atoms with Crippen LogP contribution in [0.15, 0.2) is 46.9 Å². The van der Waals surface area contributed by atoms with E-state index in [0.717, 1.165) is 5.39 Å². The number of benzene rings is 2. The number of nitrogens with two attached hydrogens (primary N) is 1. The number of carbonyl (C=O) groups is 2. The number of fused-ring (bicyclic) bond motifs is 2. The van der Waals surface area contributed by atoms with Crippen molar-refractivity contribution in [2.75, 3.05) is 0 Å². The molecule has 2 heterocycles. The van der Waals surface area contributed by atoms with Crippen molar-refractivity contribution in [1.29, 1.82) is 0 Å². The number of rotatable bonds is 4. The fourth-order valence-corrected chi connectivity index (χ4v) is 2.87. The van der Waals surface area contributed by atoms with Crippen LogP contribution in [0.5, 0.6) is 0 Å². The summed E-state index contributed by atoms with van der Waals surface area (Å²) in [6, 6.07) is 11.1. The summed E-state index contributed by atoms with van der Waals surface area (Å²) in [5.41, 5.74) is 6.25. The lowest BCUT2D eigenvalue weighted by molar-refractivity contribution is -0.119. The molecule has 8 heteroatoms. The average molecular weight is 366 g/mol.